The fourth-order valence-electron chi connectivity index (χ4n) is 4.96. The molecule has 1 aromatic carbocycles. The normalized spacial score (nSPS) is 21.2. The van der Waals surface area contributed by atoms with Gasteiger partial charge < -0.3 is 9.64 Å². The Labute approximate surface area is 190 Å². The highest BCUT2D eigenvalue weighted by Crippen LogP contribution is 2.29. The maximum Gasteiger partial charge on any atom is 0.262 e. The van der Waals surface area contributed by atoms with Crippen molar-refractivity contribution in [2.75, 3.05) is 18.9 Å². The summed E-state index contributed by atoms with van der Waals surface area (Å²) < 4.78 is 9.55. The number of nitrogens with zero attached hydrogens (tertiary/aromatic N) is 5. The summed E-state index contributed by atoms with van der Waals surface area (Å²) in [6, 6.07) is 7.74. The number of aromatic nitrogens is 4. The van der Waals surface area contributed by atoms with Crippen molar-refractivity contribution in [3.63, 3.8) is 0 Å². The summed E-state index contributed by atoms with van der Waals surface area (Å²) in [5, 5.41) is 10.0. The lowest BCUT2D eigenvalue weighted by molar-refractivity contribution is -0.146. The number of fused-ring (bicyclic) bond motifs is 4. The van der Waals surface area contributed by atoms with E-state index in [1.165, 1.54) is 18.2 Å². The molecule has 3 aromatic rings. The van der Waals surface area contributed by atoms with E-state index in [2.05, 4.69) is 17.1 Å². The average molecular weight is 456 g/mol. The van der Waals surface area contributed by atoms with Gasteiger partial charge in [-0.25, -0.2) is 0 Å². The molecule has 2 aromatic heterocycles. The molecule has 3 heterocycles. The van der Waals surface area contributed by atoms with Crippen molar-refractivity contribution in [3.05, 3.63) is 34.6 Å². The molecular formula is C23H29N5O3S. The maximum atomic E-state index is 13.1. The average Bonchev–Trinajstić information content (AvgIpc) is 3.26. The number of rotatable bonds is 6. The lowest BCUT2D eigenvalue weighted by atomic mass is 9.90. The summed E-state index contributed by atoms with van der Waals surface area (Å²) in [7, 11) is 0. The number of benzene rings is 1. The second kappa shape index (κ2) is 9.23. The molecule has 2 unspecified atom stereocenters. The number of morpholine rings is 1. The fraction of sp³-hybridized carbons (Fsp3) is 0.565. The Balaban J connectivity index is 1.44. The van der Waals surface area contributed by atoms with E-state index in [9.17, 15) is 9.59 Å². The first-order valence-corrected chi connectivity index (χ1v) is 12.6. The number of para-hydroxylation sites is 1. The highest BCUT2D eigenvalue weighted by atomic mass is 32.2. The number of unbranched alkanes of at least 4 members (excludes halogenated alkanes) is 1. The topological polar surface area (TPSA) is 81.7 Å². The van der Waals surface area contributed by atoms with Gasteiger partial charge in [0.25, 0.3) is 5.56 Å². The van der Waals surface area contributed by atoms with Crippen LogP contribution in [0.1, 0.15) is 45.4 Å². The molecule has 5 rings (SSSR count). The van der Waals surface area contributed by atoms with Crippen LogP contribution in [-0.2, 0) is 16.1 Å². The molecule has 2 atom stereocenters. The number of thioether (sulfide) groups is 1. The number of amides is 1. The standard InChI is InChI=1S/C23H29N5O3S/c1-2-3-12-27-21(30)16-8-4-5-9-17(16)28-22(27)24-25-23(28)32-15-20(29)26-13-14-31-19-11-7-6-10-18(19)26/h4-5,8-9,18-19H,2-3,6-7,10-15H2,1H3. The predicted octanol–water partition coefficient (Wildman–Crippen LogP) is 3.11. The third kappa shape index (κ3) is 3.81. The number of hydrogen-bond donors (Lipinski definition) is 0. The summed E-state index contributed by atoms with van der Waals surface area (Å²) in [6.45, 7) is 3.96. The summed E-state index contributed by atoms with van der Waals surface area (Å²) >= 11 is 1.39. The first-order chi connectivity index (χ1) is 15.7. The van der Waals surface area contributed by atoms with Gasteiger partial charge in [-0.05, 0) is 31.4 Å². The molecule has 9 heteroatoms. The Morgan fingerprint density at radius 3 is 2.94 bits per heavy atom. The van der Waals surface area contributed by atoms with Gasteiger partial charge in [0, 0.05) is 13.1 Å². The SMILES string of the molecule is CCCCn1c(=O)c2ccccc2n2c(SCC(=O)N3CCOC4CCCCC43)nnc12. The molecule has 1 aliphatic heterocycles. The van der Waals surface area contributed by atoms with Crippen molar-refractivity contribution in [1.82, 2.24) is 24.1 Å². The largest absolute Gasteiger partial charge is 0.374 e. The van der Waals surface area contributed by atoms with Gasteiger partial charge in [0.15, 0.2) is 5.16 Å². The zero-order chi connectivity index (χ0) is 22.1. The summed E-state index contributed by atoms with van der Waals surface area (Å²) in [5.74, 6) is 0.957. The van der Waals surface area contributed by atoms with E-state index in [-0.39, 0.29) is 23.6 Å². The van der Waals surface area contributed by atoms with Crippen LogP contribution in [0.25, 0.3) is 16.7 Å². The molecule has 2 fully saturated rings. The molecule has 32 heavy (non-hydrogen) atoms. The van der Waals surface area contributed by atoms with E-state index in [0.717, 1.165) is 37.6 Å². The second-order valence-electron chi connectivity index (χ2n) is 8.58. The van der Waals surface area contributed by atoms with Crippen LogP contribution in [0.3, 0.4) is 0 Å². The zero-order valence-corrected chi connectivity index (χ0v) is 19.2. The van der Waals surface area contributed by atoms with Crippen molar-refractivity contribution < 1.29 is 9.53 Å². The number of carbonyl (C=O) groups is 1. The van der Waals surface area contributed by atoms with Crippen LogP contribution in [0.2, 0.25) is 0 Å². The molecule has 0 radical (unpaired) electrons. The maximum absolute atomic E-state index is 13.1. The van der Waals surface area contributed by atoms with Crippen molar-refractivity contribution >= 4 is 34.3 Å². The van der Waals surface area contributed by atoms with Crippen molar-refractivity contribution in [3.8, 4) is 0 Å². The highest BCUT2D eigenvalue weighted by Gasteiger charge is 2.36. The molecule has 2 aliphatic rings. The minimum atomic E-state index is -0.0433. The number of hydrogen-bond acceptors (Lipinski definition) is 6. The number of carbonyl (C=O) groups excluding carboxylic acids is 1. The molecule has 1 saturated heterocycles. The van der Waals surface area contributed by atoms with Gasteiger partial charge in [-0.3, -0.25) is 18.6 Å². The van der Waals surface area contributed by atoms with Crippen LogP contribution < -0.4 is 5.56 Å². The second-order valence-corrected chi connectivity index (χ2v) is 9.52. The van der Waals surface area contributed by atoms with E-state index < -0.39 is 0 Å². The zero-order valence-electron chi connectivity index (χ0n) is 18.4. The van der Waals surface area contributed by atoms with Gasteiger partial charge >= 0.3 is 0 Å². The van der Waals surface area contributed by atoms with Gasteiger partial charge in [-0.15, -0.1) is 10.2 Å². The minimum Gasteiger partial charge on any atom is -0.374 e. The van der Waals surface area contributed by atoms with Crippen LogP contribution in [0.5, 0.6) is 0 Å². The lowest BCUT2D eigenvalue weighted by Gasteiger charge is -2.43. The fourth-order valence-corrected chi connectivity index (χ4v) is 5.79. The van der Waals surface area contributed by atoms with Gasteiger partial charge in [0.2, 0.25) is 11.7 Å². The van der Waals surface area contributed by atoms with Crippen LogP contribution >= 0.6 is 11.8 Å². The van der Waals surface area contributed by atoms with Crippen molar-refractivity contribution in [2.45, 2.75) is 69.3 Å². The molecule has 1 aliphatic carbocycles. The molecule has 0 spiro atoms. The third-order valence-corrected chi connectivity index (χ3v) is 7.50. The summed E-state index contributed by atoms with van der Waals surface area (Å²) in [5.41, 5.74) is 0.733. The predicted molar refractivity (Wildman–Crippen MR) is 124 cm³/mol. The minimum absolute atomic E-state index is 0.0433. The monoisotopic (exact) mass is 455 g/mol. The Morgan fingerprint density at radius 1 is 1.22 bits per heavy atom. The Morgan fingerprint density at radius 2 is 2.06 bits per heavy atom. The first-order valence-electron chi connectivity index (χ1n) is 11.6. The van der Waals surface area contributed by atoms with E-state index in [1.54, 1.807) is 4.57 Å². The number of ether oxygens (including phenoxy) is 1. The smallest absolute Gasteiger partial charge is 0.262 e. The number of aryl methyl sites for hydroxylation is 1. The third-order valence-electron chi connectivity index (χ3n) is 6.59. The van der Waals surface area contributed by atoms with Gasteiger partial charge in [0.1, 0.15) is 0 Å². The molecule has 0 bridgehead atoms. The van der Waals surface area contributed by atoms with E-state index in [1.807, 2.05) is 33.6 Å². The lowest BCUT2D eigenvalue weighted by Crippen LogP contribution is -2.55. The Hall–Kier alpha value is -2.39. The summed E-state index contributed by atoms with van der Waals surface area (Å²) in [6.07, 6.45) is 6.44. The molecule has 170 valence electrons. The van der Waals surface area contributed by atoms with Gasteiger partial charge in [-0.2, -0.15) is 0 Å². The molecular weight excluding hydrogens is 426 g/mol. The molecule has 0 N–H and O–H groups in total. The first kappa shape index (κ1) is 21.5. The van der Waals surface area contributed by atoms with E-state index >= 15 is 0 Å². The van der Waals surface area contributed by atoms with Gasteiger partial charge in [0.05, 0.1) is 35.4 Å². The highest BCUT2D eigenvalue weighted by molar-refractivity contribution is 7.99. The Kier molecular flexibility index (Phi) is 6.19. The quantitative estimate of drug-likeness (QED) is 0.531. The van der Waals surface area contributed by atoms with Crippen molar-refractivity contribution in [2.24, 2.45) is 0 Å². The van der Waals surface area contributed by atoms with E-state index in [0.29, 0.717) is 41.8 Å². The van der Waals surface area contributed by atoms with Crippen molar-refractivity contribution in [1.29, 1.82) is 0 Å². The van der Waals surface area contributed by atoms with Crippen LogP contribution in [0.15, 0.2) is 34.2 Å². The molecule has 8 nitrogen and oxygen atoms in total. The molecule has 1 amide bonds. The Bertz CT molecular complexity index is 1190. The van der Waals surface area contributed by atoms with E-state index in [4.69, 9.17) is 4.74 Å². The molecule has 1 saturated carbocycles. The van der Waals surface area contributed by atoms with Crippen LogP contribution in [0, 0.1) is 0 Å². The van der Waals surface area contributed by atoms with Gasteiger partial charge in [-0.1, -0.05) is 50.1 Å². The van der Waals surface area contributed by atoms with Crippen LogP contribution in [0.4, 0.5) is 0 Å². The van der Waals surface area contributed by atoms with Crippen LogP contribution in [-0.4, -0.2) is 61.0 Å². The summed E-state index contributed by atoms with van der Waals surface area (Å²) in [4.78, 5) is 28.2.